The van der Waals surface area contributed by atoms with Crippen molar-refractivity contribution in [1.29, 1.82) is 0 Å². The summed E-state index contributed by atoms with van der Waals surface area (Å²) in [5.41, 5.74) is 1.18. The van der Waals surface area contributed by atoms with E-state index in [2.05, 4.69) is 5.32 Å². The summed E-state index contributed by atoms with van der Waals surface area (Å²) in [6.45, 7) is 6.20. The Labute approximate surface area is 146 Å². The second kappa shape index (κ2) is 6.52. The van der Waals surface area contributed by atoms with E-state index in [-0.39, 0.29) is 5.92 Å². The molecule has 0 unspecified atom stereocenters. The van der Waals surface area contributed by atoms with Gasteiger partial charge in [0.25, 0.3) is 0 Å². The first-order chi connectivity index (χ1) is 11.8. The number of carbonyl (C=O) groups excluding carboxylic acids is 1. The van der Waals surface area contributed by atoms with Gasteiger partial charge in [0.1, 0.15) is 11.6 Å². The molecular formula is C19H24N2O4. The molecule has 0 amide bonds. The number of aromatic nitrogens is 1. The summed E-state index contributed by atoms with van der Waals surface area (Å²) in [5.74, 6) is -0.811. The molecule has 134 valence electrons. The first kappa shape index (κ1) is 17.5. The van der Waals surface area contributed by atoms with E-state index < -0.39 is 23.7 Å². The van der Waals surface area contributed by atoms with E-state index in [1.165, 1.54) is 4.57 Å². The number of nitrogens with zero attached hydrogens (tertiary/aromatic N) is 1. The maximum atomic E-state index is 12.5. The fraction of sp³-hybridized carbons (Fsp3) is 0.474. The van der Waals surface area contributed by atoms with Gasteiger partial charge in [0.2, 0.25) is 0 Å². The van der Waals surface area contributed by atoms with Crippen molar-refractivity contribution < 1.29 is 19.4 Å². The Kier molecular flexibility index (Phi) is 4.56. The highest BCUT2D eigenvalue weighted by molar-refractivity contribution is 5.92. The average molecular weight is 344 g/mol. The third-order valence-electron chi connectivity index (χ3n) is 4.48. The number of hydrogen-bond donors (Lipinski definition) is 2. The smallest absolute Gasteiger partial charge is 0.419 e. The minimum Gasteiger partial charge on any atom is -0.480 e. The molecule has 2 atom stereocenters. The average Bonchev–Trinajstić information content (AvgIpc) is 3.11. The summed E-state index contributed by atoms with van der Waals surface area (Å²) in [7, 11) is 0. The lowest BCUT2D eigenvalue weighted by Gasteiger charge is -2.19. The van der Waals surface area contributed by atoms with Crippen LogP contribution in [0.2, 0.25) is 0 Å². The third kappa shape index (κ3) is 3.69. The second-order valence-electron chi connectivity index (χ2n) is 7.54. The van der Waals surface area contributed by atoms with Crippen LogP contribution in [0.3, 0.4) is 0 Å². The molecule has 0 radical (unpaired) electrons. The number of ether oxygens (including phenoxy) is 1. The van der Waals surface area contributed by atoms with Crippen molar-refractivity contribution in [3.8, 4) is 0 Å². The van der Waals surface area contributed by atoms with Gasteiger partial charge in [0.05, 0.1) is 5.52 Å². The van der Waals surface area contributed by atoms with Gasteiger partial charge in [0.15, 0.2) is 0 Å². The van der Waals surface area contributed by atoms with E-state index in [0.717, 1.165) is 22.9 Å². The highest BCUT2D eigenvalue weighted by Gasteiger charge is 2.33. The fourth-order valence-electron chi connectivity index (χ4n) is 3.42. The van der Waals surface area contributed by atoms with Crippen LogP contribution in [-0.4, -0.2) is 39.9 Å². The number of para-hydroxylation sites is 1. The minimum absolute atomic E-state index is 0.00962. The Morgan fingerprint density at radius 1 is 1.32 bits per heavy atom. The Morgan fingerprint density at radius 3 is 2.72 bits per heavy atom. The van der Waals surface area contributed by atoms with Crippen molar-refractivity contribution in [3.63, 3.8) is 0 Å². The van der Waals surface area contributed by atoms with Crippen molar-refractivity contribution in [3.05, 3.63) is 36.0 Å². The molecule has 3 rings (SSSR count). The monoisotopic (exact) mass is 344 g/mol. The molecule has 0 aliphatic carbocycles. The predicted molar refractivity (Wildman–Crippen MR) is 94.8 cm³/mol. The zero-order valence-electron chi connectivity index (χ0n) is 14.8. The molecule has 1 saturated heterocycles. The molecule has 25 heavy (non-hydrogen) atoms. The quantitative estimate of drug-likeness (QED) is 0.894. The van der Waals surface area contributed by atoms with Gasteiger partial charge >= 0.3 is 12.1 Å². The van der Waals surface area contributed by atoms with Gasteiger partial charge in [-0.05, 0) is 57.7 Å². The summed E-state index contributed by atoms with van der Waals surface area (Å²) in [6.07, 6.45) is 2.79. The third-order valence-corrected chi connectivity index (χ3v) is 4.48. The van der Waals surface area contributed by atoms with Crippen molar-refractivity contribution in [2.24, 2.45) is 5.92 Å². The molecule has 6 nitrogen and oxygen atoms in total. The van der Waals surface area contributed by atoms with E-state index >= 15 is 0 Å². The first-order valence-corrected chi connectivity index (χ1v) is 8.55. The molecule has 2 heterocycles. The van der Waals surface area contributed by atoms with E-state index in [1.807, 2.05) is 45.0 Å². The molecule has 0 bridgehead atoms. The fourth-order valence-corrected chi connectivity index (χ4v) is 3.42. The molecule has 1 aliphatic heterocycles. The molecule has 1 aromatic carbocycles. The predicted octanol–water partition coefficient (Wildman–Crippen LogP) is 3.03. The van der Waals surface area contributed by atoms with Crippen molar-refractivity contribution in [2.75, 3.05) is 6.54 Å². The van der Waals surface area contributed by atoms with E-state index in [1.54, 1.807) is 6.20 Å². The zero-order valence-corrected chi connectivity index (χ0v) is 14.8. The maximum Gasteiger partial charge on any atom is 0.419 e. The lowest BCUT2D eigenvalue weighted by atomic mass is 9.92. The Morgan fingerprint density at radius 2 is 2.04 bits per heavy atom. The van der Waals surface area contributed by atoms with Crippen LogP contribution in [0.5, 0.6) is 0 Å². The summed E-state index contributed by atoms with van der Waals surface area (Å²) >= 11 is 0. The van der Waals surface area contributed by atoms with Crippen LogP contribution in [0.15, 0.2) is 30.5 Å². The van der Waals surface area contributed by atoms with Crippen LogP contribution in [0.25, 0.3) is 10.9 Å². The van der Waals surface area contributed by atoms with E-state index in [0.29, 0.717) is 13.0 Å². The number of aliphatic carboxylic acids is 1. The van der Waals surface area contributed by atoms with Crippen molar-refractivity contribution >= 4 is 23.0 Å². The first-order valence-electron chi connectivity index (χ1n) is 8.55. The number of rotatable bonds is 3. The van der Waals surface area contributed by atoms with Crippen LogP contribution < -0.4 is 5.32 Å². The highest BCUT2D eigenvalue weighted by atomic mass is 16.6. The summed E-state index contributed by atoms with van der Waals surface area (Å²) < 4.78 is 7.01. The molecule has 1 aromatic heterocycles. The van der Waals surface area contributed by atoms with Crippen molar-refractivity contribution in [2.45, 2.75) is 45.3 Å². The largest absolute Gasteiger partial charge is 0.480 e. The normalized spacial score (nSPS) is 20.8. The molecule has 0 spiro atoms. The molecule has 0 saturated carbocycles. The number of carboxylic acids is 1. The Bertz CT molecular complexity index is 803. The molecular weight excluding hydrogens is 320 g/mol. The maximum absolute atomic E-state index is 12.5. The van der Waals surface area contributed by atoms with Crippen molar-refractivity contribution in [1.82, 2.24) is 9.88 Å². The number of carboxylic acid groups (broad SMARTS) is 1. The molecule has 1 fully saturated rings. The van der Waals surface area contributed by atoms with Crippen LogP contribution >= 0.6 is 0 Å². The van der Waals surface area contributed by atoms with Crippen LogP contribution in [0, 0.1) is 5.92 Å². The van der Waals surface area contributed by atoms with Gasteiger partial charge in [-0.25, -0.2) is 4.79 Å². The highest BCUT2D eigenvalue weighted by Crippen LogP contribution is 2.28. The summed E-state index contributed by atoms with van der Waals surface area (Å²) in [6, 6.07) is 7.11. The lowest BCUT2D eigenvalue weighted by Crippen LogP contribution is -2.36. The molecule has 1 aliphatic rings. The molecule has 2 N–H and O–H groups in total. The topological polar surface area (TPSA) is 80.6 Å². The van der Waals surface area contributed by atoms with Gasteiger partial charge in [-0.3, -0.25) is 9.36 Å². The van der Waals surface area contributed by atoms with Gasteiger partial charge < -0.3 is 15.2 Å². The number of nitrogens with one attached hydrogen (secondary N) is 1. The zero-order chi connectivity index (χ0) is 18.2. The second-order valence-corrected chi connectivity index (χ2v) is 7.54. The van der Waals surface area contributed by atoms with Gasteiger partial charge in [-0.15, -0.1) is 0 Å². The number of hydrogen-bond acceptors (Lipinski definition) is 4. The SMILES string of the molecule is CC(C)(C)OC(=O)n1cc(C[C@@H]2CCN[C@@H]2C(=O)O)c2ccccc21. The standard InChI is InChI=1S/C19H24N2O4/c1-19(2,3)25-18(24)21-11-13(14-6-4-5-7-15(14)21)10-12-8-9-20-16(12)17(22)23/h4-7,11-12,16,20H,8-10H2,1-3H3,(H,22,23)/t12-,16-/m0/s1. The number of fused-ring (bicyclic) bond motifs is 1. The summed E-state index contributed by atoms with van der Waals surface area (Å²) in [4.78, 5) is 23.9. The lowest BCUT2D eigenvalue weighted by molar-refractivity contribution is -0.140. The minimum atomic E-state index is -0.821. The van der Waals surface area contributed by atoms with Crippen LogP contribution in [0.4, 0.5) is 4.79 Å². The van der Waals surface area contributed by atoms with Gasteiger partial charge in [-0.2, -0.15) is 0 Å². The number of carbonyl (C=O) groups is 2. The van der Waals surface area contributed by atoms with Crippen LogP contribution in [-0.2, 0) is 16.0 Å². The van der Waals surface area contributed by atoms with Gasteiger partial charge in [-0.1, -0.05) is 18.2 Å². The number of benzene rings is 1. The Balaban J connectivity index is 1.94. The van der Waals surface area contributed by atoms with Gasteiger partial charge in [0, 0.05) is 11.6 Å². The van der Waals surface area contributed by atoms with E-state index in [4.69, 9.17) is 4.74 Å². The molecule has 2 aromatic rings. The Hall–Kier alpha value is -2.34. The molecule has 6 heteroatoms. The van der Waals surface area contributed by atoms with Crippen LogP contribution in [0.1, 0.15) is 32.8 Å². The summed E-state index contributed by atoms with van der Waals surface area (Å²) in [5, 5.41) is 13.4. The van der Waals surface area contributed by atoms with E-state index in [9.17, 15) is 14.7 Å².